The van der Waals surface area contributed by atoms with Gasteiger partial charge in [0.2, 0.25) is 5.91 Å². The van der Waals surface area contributed by atoms with Crippen molar-refractivity contribution in [2.75, 3.05) is 6.61 Å². The zero-order chi connectivity index (χ0) is 17.7. The summed E-state index contributed by atoms with van der Waals surface area (Å²) >= 11 is 0. The number of aliphatic hydroxyl groups is 1. The zero-order valence-corrected chi connectivity index (χ0v) is 13.8. The van der Waals surface area contributed by atoms with Gasteiger partial charge in [-0.2, -0.15) is 0 Å². The number of aliphatic hydroxyl groups excluding tert-OH is 1. The smallest absolute Gasteiger partial charge is 0.325 e. The summed E-state index contributed by atoms with van der Waals surface area (Å²) in [5.41, 5.74) is 0. The predicted molar refractivity (Wildman–Crippen MR) is 84.7 cm³/mol. The summed E-state index contributed by atoms with van der Waals surface area (Å²) in [6.45, 7) is 3.72. The highest BCUT2D eigenvalue weighted by atomic mass is 16.3. The third kappa shape index (κ3) is 4.35. The predicted octanol–water partition coefficient (Wildman–Crippen LogP) is 0.613. The van der Waals surface area contributed by atoms with Gasteiger partial charge in [0.25, 0.3) is 5.91 Å². The Kier molecular flexibility index (Phi) is 5.97. The molecule has 0 unspecified atom stereocenters. The fraction of sp³-hybridized carbons (Fsp3) is 0.562. The molecule has 0 bridgehead atoms. The number of carbonyl (C=O) groups excluding carboxylic acids is 3. The van der Waals surface area contributed by atoms with E-state index in [1.165, 1.54) is 6.26 Å². The van der Waals surface area contributed by atoms with Crippen molar-refractivity contribution in [2.45, 2.75) is 45.3 Å². The molecule has 1 saturated heterocycles. The van der Waals surface area contributed by atoms with Crippen LogP contribution in [-0.2, 0) is 16.1 Å². The molecule has 8 nitrogen and oxygen atoms in total. The van der Waals surface area contributed by atoms with E-state index < -0.39 is 12.1 Å². The molecular weight excluding hydrogens is 314 g/mol. The normalized spacial score (nSPS) is 18.8. The molecule has 0 radical (unpaired) electrons. The van der Waals surface area contributed by atoms with Crippen LogP contribution in [0.25, 0.3) is 0 Å². The maximum absolute atomic E-state index is 12.3. The summed E-state index contributed by atoms with van der Waals surface area (Å²) in [6.07, 6.45) is 1.78. The molecule has 2 heterocycles. The summed E-state index contributed by atoms with van der Waals surface area (Å²) in [6, 6.07) is 1.84. The van der Waals surface area contributed by atoms with Crippen molar-refractivity contribution in [3.05, 3.63) is 24.2 Å². The van der Waals surface area contributed by atoms with Gasteiger partial charge in [-0.3, -0.25) is 14.5 Å². The average molecular weight is 337 g/mol. The van der Waals surface area contributed by atoms with Crippen LogP contribution in [0, 0.1) is 5.92 Å². The summed E-state index contributed by atoms with van der Waals surface area (Å²) < 4.78 is 5.14. The molecule has 1 aliphatic rings. The second kappa shape index (κ2) is 7.96. The number of furan rings is 1. The topological polar surface area (TPSA) is 112 Å². The molecule has 24 heavy (non-hydrogen) atoms. The zero-order valence-electron chi connectivity index (χ0n) is 13.8. The lowest BCUT2D eigenvalue weighted by atomic mass is 10.0. The molecule has 1 aromatic rings. The van der Waals surface area contributed by atoms with Crippen molar-refractivity contribution in [1.29, 1.82) is 0 Å². The molecule has 0 aliphatic carbocycles. The van der Waals surface area contributed by atoms with E-state index in [0.29, 0.717) is 5.76 Å². The highest BCUT2D eigenvalue weighted by Crippen LogP contribution is 2.15. The van der Waals surface area contributed by atoms with Gasteiger partial charge in [-0.25, -0.2) is 4.79 Å². The van der Waals surface area contributed by atoms with Crippen LogP contribution in [0.5, 0.6) is 0 Å². The van der Waals surface area contributed by atoms with Gasteiger partial charge in [0.1, 0.15) is 11.8 Å². The van der Waals surface area contributed by atoms with Crippen LogP contribution in [0.15, 0.2) is 22.8 Å². The number of amides is 4. The van der Waals surface area contributed by atoms with E-state index in [-0.39, 0.29) is 49.8 Å². The van der Waals surface area contributed by atoms with E-state index in [4.69, 9.17) is 4.42 Å². The molecule has 1 aliphatic heterocycles. The average Bonchev–Trinajstić information content (AvgIpc) is 3.14. The minimum Gasteiger partial charge on any atom is -0.467 e. The number of rotatable bonds is 8. The van der Waals surface area contributed by atoms with Gasteiger partial charge in [-0.1, -0.05) is 13.8 Å². The molecule has 4 amide bonds. The van der Waals surface area contributed by atoms with E-state index in [1.54, 1.807) is 12.1 Å². The van der Waals surface area contributed by atoms with Crippen LogP contribution in [0.4, 0.5) is 4.79 Å². The van der Waals surface area contributed by atoms with Crippen molar-refractivity contribution < 1.29 is 23.9 Å². The number of nitrogens with zero attached hydrogens (tertiary/aromatic N) is 1. The van der Waals surface area contributed by atoms with Crippen LogP contribution in [0.3, 0.4) is 0 Å². The van der Waals surface area contributed by atoms with E-state index in [9.17, 15) is 19.5 Å². The van der Waals surface area contributed by atoms with Gasteiger partial charge < -0.3 is 20.2 Å². The maximum Gasteiger partial charge on any atom is 0.325 e. The van der Waals surface area contributed by atoms with Crippen LogP contribution in [0.2, 0.25) is 0 Å². The fourth-order valence-corrected chi connectivity index (χ4v) is 2.46. The Morgan fingerprint density at radius 3 is 2.79 bits per heavy atom. The van der Waals surface area contributed by atoms with Gasteiger partial charge in [0.05, 0.1) is 25.5 Å². The van der Waals surface area contributed by atoms with Crippen molar-refractivity contribution in [1.82, 2.24) is 15.5 Å². The van der Waals surface area contributed by atoms with Gasteiger partial charge >= 0.3 is 6.03 Å². The van der Waals surface area contributed by atoms with Crippen LogP contribution in [0.1, 0.15) is 32.4 Å². The Balaban J connectivity index is 1.84. The molecule has 1 aromatic heterocycles. The number of imide groups is 1. The summed E-state index contributed by atoms with van der Waals surface area (Å²) in [7, 11) is 0. The monoisotopic (exact) mass is 337 g/mol. The molecule has 132 valence electrons. The van der Waals surface area contributed by atoms with Crippen LogP contribution in [-0.4, -0.2) is 46.5 Å². The largest absolute Gasteiger partial charge is 0.467 e. The lowest BCUT2D eigenvalue weighted by Gasteiger charge is -2.20. The molecule has 0 aromatic carbocycles. The van der Waals surface area contributed by atoms with Gasteiger partial charge in [0, 0.05) is 6.42 Å². The lowest BCUT2D eigenvalue weighted by Crippen LogP contribution is -2.42. The van der Waals surface area contributed by atoms with Crippen molar-refractivity contribution >= 4 is 17.8 Å². The Hall–Kier alpha value is -2.35. The summed E-state index contributed by atoms with van der Waals surface area (Å²) in [5.74, 6) is -0.00350. The van der Waals surface area contributed by atoms with Gasteiger partial charge in [-0.05, 0) is 24.5 Å². The molecule has 0 saturated carbocycles. The maximum atomic E-state index is 12.3. The van der Waals surface area contributed by atoms with Crippen LogP contribution >= 0.6 is 0 Å². The molecular formula is C16H23N3O5. The van der Waals surface area contributed by atoms with Gasteiger partial charge in [0.15, 0.2) is 0 Å². The van der Waals surface area contributed by atoms with Crippen molar-refractivity contribution in [3.8, 4) is 0 Å². The molecule has 2 rings (SSSR count). The summed E-state index contributed by atoms with van der Waals surface area (Å²) in [4.78, 5) is 37.2. The Labute approximate surface area is 140 Å². The van der Waals surface area contributed by atoms with E-state index in [2.05, 4.69) is 10.6 Å². The first kappa shape index (κ1) is 18.0. The SMILES string of the molecule is CC(C)[C@@H](CO)NC(=O)CC[C@@H]1NC(=O)N(Cc2ccco2)C1=O. The molecule has 1 fully saturated rings. The fourth-order valence-electron chi connectivity index (χ4n) is 2.46. The number of nitrogens with one attached hydrogen (secondary N) is 2. The Morgan fingerprint density at radius 2 is 2.21 bits per heavy atom. The number of carbonyl (C=O) groups is 3. The number of urea groups is 1. The summed E-state index contributed by atoms with van der Waals surface area (Å²) in [5, 5.41) is 14.5. The van der Waals surface area contributed by atoms with Crippen molar-refractivity contribution in [2.24, 2.45) is 5.92 Å². The molecule has 2 atom stereocenters. The first-order chi connectivity index (χ1) is 11.4. The van der Waals surface area contributed by atoms with Crippen molar-refractivity contribution in [3.63, 3.8) is 0 Å². The second-order valence-electron chi connectivity index (χ2n) is 6.15. The third-order valence-corrected chi connectivity index (χ3v) is 4.01. The minimum atomic E-state index is -0.718. The number of hydrogen-bond acceptors (Lipinski definition) is 5. The standard InChI is InChI=1S/C16H23N3O5/c1-10(2)13(9-20)17-14(21)6-5-12-15(22)19(16(23)18-12)8-11-4-3-7-24-11/h3-4,7,10,12-13,20H,5-6,8-9H2,1-2H3,(H,17,21)(H,18,23)/t12-,13+/m0/s1. The highest BCUT2D eigenvalue weighted by Gasteiger charge is 2.38. The first-order valence-electron chi connectivity index (χ1n) is 7.96. The van der Waals surface area contributed by atoms with E-state index >= 15 is 0 Å². The lowest BCUT2D eigenvalue weighted by molar-refractivity contribution is -0.128. The first-order valence-corrected chi connectivity index (χ1v) is 7.96. The number of hydrogen-bond donors (Lipinski definition) is 3. The molecule has 3 N–H and O–H groups in total. The van der Waals surface area contributed by atoms with E-state index in [0.717, 1.165) is 4.90 Å². The Morgan fingerprint density at radius 1 is 1.46 bits per heavy atom. The third-order valence-electron chi connectivity index (χ3n) is 4.01. The molecule has 8 heteroatoms. The van der Waals surface area contributed by atoms with Crippen LogP contribution < -0.4 is 10.6 Å². The van der Waals surface area contributed by atoms with E-state index in [1.807, 2.05) is 13.8 Å². The quantitative estimate of drug-likeness (QED) is 0.602. The Bertz CT molecular complexity index is 585. The highest BCUT2D eigenvalue weighted by molar-refractivity contribution is 6.04. The second-order valence-corrected chi connectivity index (χ2v) is 6.15. The van der Waals surface area contributed by atoms with Gasteiger partial charge in [-0.15, -0.1) is 0 Å². The molecule has 0 spiro atoms. The minimum absolute atomic E-state index is 0.0697.